The average Bonchev–Trinajstić information content (AvgIpc) is 2.50. The van der Waals surface area contributed by atoms with Crippen molar-refractivity contribution in [3.63, 3.8) is 0 Å². The van der Waals surface area contributed by atoms with Crippen LogP contribution in [0.5, 0.6) is 0 Å². The molecule has 0 aliphatic carbocycles. The summed E-state index contributed by atoms with van der Waals surface area (Å²) in [6.45, 7) is 3.88. The number of oxazole rings is 1. The molecule has 0 aromatic carbocycles. The quantitative estimate of drug-likeness (QED) is 0.750. The third kappa shape index (κ3) is 1.47. The molecule has 0 amide bonds. The first-order valence-corrected chi connectivity index (χ1v) is 3.83. The Labute approximate surface area is 70.2 Å². The van der Waals surface area contributed by atoms with Gasteiger partial charge in [0.05, 0.1) is 0 Å². The summed E-state index contributed by atoms with van der Waals surface area (Å²) in [6.07, 6.45) is 2.01. The number of carboxylic acid groups (broad SMARTS) is 1. The zero-order valence-electron chi connectivity index (χ0n) is 7.07. The fourth-order valence-electron chi connectivity index (χ4n) is 0.951. The SMILES string of the molecule is CCC(C)c1ocnc1C(=O)O. The zero-order valence-corrected chi connectivity index (χ0v) is 7.07. The van der Waals surface area contributed by atoms with Crippen molar-refractivity contribution in [3.8, 4) is 0 Å². The van der Waals surface area contributed by atoms with Crippen molar-refractivity contribution in [3.05, 3.63) is 17.8 Å². The summed E-state index contributed by atoms with van der Waals surface area (Å²) in [4.78, 5) is 14.2. The maximum absolute atomic E-state index is 10.6. The topological polar surface area (TPSA) is 63.3 Å². The van der Waals surface area contributed by atoms with E-state index in [9.17, 15) is 4.79 Å². The van der Waals surface area contributed by atoms with Gasteiger partial charge in [-0.3, -0.25) is 0 Å². The molecule has 1 aromatic rings. The van der Waals surface area contributed by atoms with E-state index in [0.29, 0.717) is 5.76 Å². The number of carbonyl (C=O) groups is 1. The van der Waals surface area contributed by atoms with E-state index in [1.54, 1.807) is 0 Å². The van der Waals surface area contributed by atoms with E-state index in [2.05, 4.69) is 4.98 Å². The molecule has 0 saturated carbocycles. The molecular formula is C8H11NO3. The lowest BCUT2D eigenvalue weighted by Gasteiger charge is -2.03. The predicted octanol–water partition coefficient (Wildman–Crippen LogP) is 1.89. The molecule has 0 aliphatic heterocycles. The molecule has 0 fully saturated rings. The van der Waals surface area contributed by atoms with Gasteiger partial charge in [-0.25, -0.2) is 9.78 Å². The van der Waals surface area contributed by atoms with Gasteiger partial charge >= 0.3 is 5.97 Å². The summed E-state index contributed by atoms with van der Waals surface area (Å²) in [5.74, 6) is -0.456. The van der Waals surface area contributed by atoms with Crippen LogP contribution < -0.4 is 0 Å². The van der Waals surface area contributed by atoms with Crippen molar-refractivity contribution >= 4 is 5.97 Å². The summed E-state index contributed by atoms with van der Waals surface area (Å²) >= 11 is 0. The lowest BCUT2D eigenvalue weighted by Crippen LogP contribution is -2.03. The van der Waals surface area contributed by atoms with E-state index in [0.717, 1.165) is 6.42 Å². The highest BCUT2D eigenvalue weighted by molar-refractivity contribution is 5.86. The Morgan fingerprint density at radius 2 is 2.50 bits per heavy atom. The molecule has 4 nitrogen and oxygen atoms in total. The third-order valence-electron chi connectivity index (χ3n) is 1.86. The molecule has 1 heterocycles. The van der Waals surface area contributed by atoms with Gasteiger partial charge in [0.2, 0.25) is 0 Å². The predicted molar refractivity (Wildman–Crippen MR) is 42.2 cm³/mol. The second-order valence-corrected chi connectivity index (χ2v) is 2.68. The summed E-state index contributed by atoms with van der Waals surface area (Å²) in [7, 11) is 0. The monoisotopic (exact) mass is 169 g/mol. The Balaban J connectivity index is 2.98. The largest absolute Gasteiger partial charge is 0.476 e. The first kappa shape index (κ1) is 8.77. The standard InChI is InChI=1S/C8H11NO3/c1-3-5(2)7-6(8(10)11)9-4-12-7/h4-5H,3H2,1-2H3,(H,10,11). The van der Waals surface area contributed by atoms with Crippen LogP contribution in [-0.2, 0) is 0 Å². The van der Waals surface area contributed by atoms with Crippen LogP contribution in [0.3, 0.4) is 0 Å². The van der Waals surface area contributed by atoms with E-state index < -0.39 is 5.97 Å². The highest BCUT2D eigenvalue weighted by atomic mass is 16.4. The van der Waals surface area contributed by atoms with Crippen LogP contribution in [0, 0.1) is 0 Å². The summed E-state index contributed by atoms with van der Waals surface area (Å²) in [5.41, 5.74) is 0.0318. The smallest absolute Gasteiger partial charge is 0.358 e. The molecule has 0 bridgehead atoms. The number of carboxylic acids is 1. The second-order valence-electron chi connectivity index (χ2n) is 2.68. The number of aromatic nitrogens is 1. The zero-order chi connectivity index (χ0) is 9.14. The van der Waals surface area contributed by atoms with Crippen LogP contribution in [0.15, 0.2) is 10.8 Å². The van der Waals surface area contributed by atoms with Gasteiger partial charge in [-0.2, -0.15) is 0 Å². The molecule has 0 spiro atoms. The van der Waals surface area contributed by atoms with Gasteiger partial charge in [0, 0.05) is 5.92 Å². The average molecular weight is 169 g/mol. The van der Waals surface area contributed by atoms with Crippen LogP contribution in [0.2, 0.25) is 0 Å². The summed E-state index contributed by atoms with van der Waals surface area (Å²) in [6, 6.07) is 0. The van der Waals surface area contributed by atoms with Gasteiger partial charge in [-0.1, -0.05) is 13.8 Å². The highest BCUT2D eigenvalue weighted by Gasteiger charge is 2.19. The number of aromatic carboxylic acids is 1. The molecule has 1 atom stereocenters. The first-order valence-electron chi connectivity index (χ1n) is 3.83. The molecule has 0 saturated heterocycles. The molecule has 12 heavy (non-hydrogen) atoms. The number of rotatable bonds is 3. The third-order valence-corrected chi connectivity index (χ3v) is 1.86. The lowest BCUT2D eigenvalue weighted by molar-refractivity contribution is 0.0688. The molecule has 1 aromatic heterocycles. The molecule has 0 aliphatic rings. The van der Waals surface area contributed by atoms with E-state index in [1.807, 2.05) is 13.8 Å². The van der Waals surface area contributed by atoms with Crippen molar-refractivity contribution in [2.45, 2.75) is 26.2 Å². The Bertz CT molecular complexity index is 280. The van der Waals surface area contributed by atoms with Crippen LogP contribution in [0.25, 0.3) is 0 Å². The van der Waals surface area contributed by atoms with Gasteiger partial charge in [-0.05, 0) is 6.42 Å². The van der Waals surface area contributed by atoms with Crippen LogP contribution in [0.4, 0.5) is 0 Å². The number of nitrogens with zero attached hydrogens (tertiary/aromatic N) is 1. The van der Waals surface area contributed by atoms with Crippen molar-refractivity contribution < 1.29 is 14.3 Å². The molecule has 1 N–H and O–H groups in total. The van der Waals surface area contributed by atoms with E-state index in [4.69, 9.17) is 9.52 Å². The molecule has 66 valence electrons. The Morgan fingerprint density at radius 3 is 3.00 bits per heavy atom. The minimum Gasteiger partial charge on any atom is -0.476 e. The molecular weight excluding hydrogens is 158 g/mol. The lowest BCUT2D eigenvalue weighted by atomic mass is 10.0. The molecule has 4 heteroatoms. The number of hydrogen-bond acceptors (Lipinski definition) is 3. The van der Waals surface area contributed by atoms with Gasteiger partial charge < -0.3 is 9.52 Å². The van der Waals surface area contributed by atoms with E-state index >= 15 is 0 Å². The van der Waals surface area contributed by atoms with Crippen LogP contribution in [0.1, 0.15) is 42.4 Å². The maximum atomic E-state index is 10.6. The van der Waals surface area contributed by atoms with Gasteiger partial charge in [0.25, 0.3) is 0 Å². The highest BCUT2D eigenvalue weighted by Crippen LogP contribution is 2.21. The minimum atomic E-state index is -1.03. The van der Waals surface area contributed by atoms with Crippen molar-refractivity contribution in [2.75, 3.05) is 0 Å². The van der Waals surface area contributed by atoms with Crippen molar-refractivity contribution in [1.82, 2.24) is 4.98 Å². The molecule has 1 rings (SSSR count). The van der Waals surface area contributed by atoms with Crippen molar-refractivity contribution in [2.24, 2.45) is 0 Å². The maximum Gasteiger partial charge on any atom is 0.358 e. The Kier molecular flexibility index (Phi) is 2.47. The summed E-state index contributed by atoms with van der Waals surface area (Å²) in [5, 5.41) is 8.68. The fourth-order valence-corrected chi connectivity index (χ4v) is 0.951. The number of hydrogen-bond donors (Lipinski definition) is 1. The van der Waals surface area contributed by atoms with E-state index in [1.165, 1.54) is 6.39 Å². The van der Waals surface area contributed by atoms with E-state index in [-0.39, 0.29) is 11.6 Å². The second kappa shape index (κ2) is 3.38. The fraction of sp³-hybridized carbons (Fsp3) is 0.500. The summed E-state index contributed by atoms with van der Waals surface area (Å²) < 4.78 is 4.99. The Hall–Kier alpha value is -1.32. The van der Waals surface area contributed by atoms with Crippen LogP contribution >= 0.6 is 0 Å². The molecule has 0 radical (unpaired) electrons. The normalized spacial score (nSPS) is 12.8. The molecule has 1 unspecified atom stereocenters. The Morgan fingerprint density at radius 1 is 1.83 bits per heavy atom. The minimum absolute atomic E-state index is 0.0318. The van der Waals surface area contributed by atoms with Crippen molar-refractivity contribution in [1.29, 1.82) is 0 Å². The van der Waals surface area contributed by atoms with Crippen LogP contribution in [-0.4, -0.2) is 16.1 Å². The van der Waals surface area contributed by atoms with Gasteiger partial charge in [0.1, 0.15) is 5.76 Å². The van der Waals surface area contributed by atoms with Gasteiger partial charge in [0.15, 0.2) is 12.1 Å². The van der Waals surface area contributed by atoms with Gasteiger partial charge in [-0.15, -0.1) is 0 Å². The first-order chi connectivity index (χ1) is 5.66.